The van der Waals surface area contributed by atoms with Crippen LogP contribution in [0.3, 0.4) is 0 Å². The van der Waals surface area contributed by atoms with E-state index in [4.69, 9.17) is 16.0 Å². The van der Waals surface area contributed by atoms with Crippen molar-refractivity contribution in [2.24, 2.45) is 5.18 Å². The summed E-state index contributed by atoms with van der Waals surface area (Å²) < 4.78 is 5.73. The Kier molecular flexibility index (Phi) is 4.11. The predicted octanol–water partition coefficient (Wildman–Crippen LogP) is 5.62. The number of phenolic OH excluding ortho intramolecular Hbond substituents is 1. The molecule has 5 rings (SSSR count). The first-order valence-corrected chi connectivity index (χ1v) is 10.1. The molecule has 30 heavy (non-hydrogen) atoms. The number of aromatic hydroxyl groups is 1. The third-order valence-corrected chi connectivity index (χ3v) is 6.30. The molecule has 2 aromatic heterocycles. The predicted molar refractivity (Wildman–Crippen MR) is 116 cm³/mol. The molecule has 3 heterocycles. The number of carbonyl (C=O) groups is 1. The van der Waals surface area contributed by atoms with Crippen molar-refractivity contribution in [3.05, 3.63) is 57.8 Å². The molecular formula is C22H18ClN3O4. The van der Waals surface area contributed by atoms with Crippen LogP contribution in [0.5, 0.6) is 5.75 Å². The fourth-order valence-electron chi connectivity index (χ4n) is 4.35. The number of alkyl halides is 1. The molecule has 0 aliphatic carbocycles. The first-order valence-electron chi connectivity index (χ1n) is 9.52. The second kappa shape index (κ2) is 6.60. The van der Waals surface area contributed by atoms with E-state index in [9.17, 15) is 14.8 Å². The van der Waals surface area contributed by atoms with Gasteiger partial charge in [-0.2, -0.15) is 0 Å². The molecule has 0 saturated heterocycles. The van der Waals surface area contributed by atoms with Crippen molar-refractivity contribution in [2.45, 2.75) is 19.8 Å². The van der Waals surface area contributed by atoms with Gasteiger partial charge >= 0.3 is 0 Å². The highest BCUT2D eigenvalue weighted by atomic mass is 35.5. The smallest absolute Gasteiger partial charge is 0.294 e. The molecule has 1 amide bonds. The average molecular weight is 424 g/mol. The molecule has 7 nitrogen and oxygen atoms in total. The lowest BCUT2D eigenvalue weighted by Crippen LogP contribution is -2.29. The number of hydrogen-bond donors (Lipinski definition) is 2. The number of furan rings is 1. The number of nitrogens with one attached hydrogen (secondary N) is 1. The van der Waals surface area contributed by atoms with Crippen LogP contribution in [0.4, 0.5) is 11.4 Å². The summed E-state index contributed by atoms with van der Waals surface area (Å²) in [5.74, 6) is 0.173. The first-order chi connectivity index (χ1) is 14.4. The number of anilines is 1. The van der Waals surface area contributed by atoms with Crippen LogP contribution in [0, 0.1) is 18.8 Å². The quantitative estimate of drug-likeness (QED) is 0.330. The van der Waals surface area contributed by atoms with Crippen molar-refractivity contribution in [3.8, 4) is 5.75 Å². The molecule has 152 valence electrons. The monoisotopic (exact) mass is 423 g/mol. The van der Waals surface area contributed by atoms with E-state index < -0.39 is 0 Å². The number of rotatable bonds is 3. The van der Waals surface area contributed by atoms with E-state index in [2.05, 4.69) is 10.2 Å². The minimum atomic E-state index is -0.329. The highest BCUT2D eigenvalue weighted by molar-refractivity contribution is 6.19. The second-order valence-corrected chi connectivity index (χ2v) is 7.95. The summed E-state index contributed by atoms with van der Waals surface area (Å²) in [6.07, 6.45) is 0. The van der Waals surface area contributed by atoms with Crippen molar-refractivity contribution in [1.29, 1.82) is 0 Å². The van der Waals surface area contributed by atoms with E-state index in [1.54, 1.807) is 29.2 Å². The maximum atomic E-state index is 13.3. The third kappa shape index (κ3) is 2.55. The number of hydrogen-bond acceptors (Lipinski definition) is 5. The molecule has 0 fully saturated rings. The van der Waals surface area contributed by atoms with Gasteiger partial charge in [0.1, 0.15) is 17.0 Å². The zero-order chi connectivity index (χ0) is 21.2. The Morgan fingerprint density at radius 1 is 1.33 bits per heavy atom. The zero-order valence-electron chi connectivity index (χ0n) is 16.3. The number of fused-ring (bicyclic) bond motifs is 4. The molecule has 0 radical (unpaired) electrons. The normalized spacial score (nSPS) is 15.8. The van der Waals surface area contributed by atoms with Gasteiger partial charge in [-0.05, 0) is 54.4 Å². The van der Waals surface area contributed by atoms with E-state index in [1.807, 2.05) is 13.8 Å². The largest absolute Gasteiger partial charge is 0.506 e. The fourth-order valence-corrected chi connectivity index (χ4v) is 4.60. The number of aryl methyl sites for hydroxylation is 2. The molecule has 0 saturated carbocycles. The van der Waals surface area contributed by atoms with Gasteiger partial charge in [0.2, 0.25) is 0 Å². The summed E-state index contributed by atoms with van der Waals surface area (Å²) in [6.45, 7) is 4.32. The average Bonchev–Trinajstić information content (AvgIpc) is 3.41. The summed E-state index contributed by atoms with van der Waals surface area (Å²) in [7, 11) is 0. The molecule has 4 aromatic rings. The van der Waals surface area contributed by atoms with Gasteiger partial charge in [-0.25, -0.2) is 0 Å². The SMILES string of the molecule is Cc1[nH]c2c(O)cc3c(c2c1C)[C@H](CCl)CN3C(=O)c1cc2cc(N=O)ccc2o1. The summed E-state index contributed by atoms with van der Waals surface area (Å²) in [5, 5.41) is 15.1. The molecule has 1 aliphatic heterocycles. The number of carbonyl (C=O) groups excluding carboxylic acids is 1. The number of phenols is 1. The molecule has 2 aromatic carbocycles. The lowest BCUT2D eigenvalue weighted by atomic mass is 9.96. The summed E-state index contributed by atoms with van der Waals surface area (Å²) in [6, 6.07) is 7.93. The number of benzene rings is 2. The Labute approximate surface area is 176 Å². The van der Waals surface area contributed by atoms with Crippen LogP contribution >= 0.6 is 11.6 Å². The first kappa shape index (κ1) is 18.7. The van der Waals surface area contributed by atoms with Crippen LogP contribution in [-0.4, -0.2) is 28.4 Å². The van der Waals surface area contributed by atoms with Crippen molar-refractivity contribution >= 4 is 50.8 Å². The van der Waals surface area contributed by atoms with Crippen LogP contribution in [0.15, 0.2) is 39.9 Å². The number of nitroso groups, excluding NO2 is 1. The molecule has 1 atom stereocenters. The number of halogens is 1. The third-order valence-electron chi connectivity index (χ3n) is 5.92. The lowest BCUT2D eigenvalue weighted by Gasteiger charge is -2.16. The summed E-state index contributed by atoms with van der Waals surface area (Å²) in [5.41, 5.74) is 5.00. The molecule has 8 heteroatoms. The highest BCUT2D eigenvalue weighted by Gasteiger charge is 2.37. The fraction of sp³-hybridized carbons (Fsp3) is 0.227. The second-order valence-electron chi connectivity index (χ2n) is 7.64. The van der Waals surface area contributed by atoms with Gasteiger partial charge in [-0.1, -0.05) is 0 Å². The Morgan fingerprint density at radius 2 is 2.13 bits per heavy atom. The van der Waals surface area contributed by atoms with Gasteiger partial charge in [0.05, 0.1) is 11.2 Å². The topological polar surface area (TPSA) is 98.9 Å². The zero-order valence-corrected chi connectivity index (χ0v) is 17.1. The molecule has 1 aliphatic rings. The Balaban J connectivity index is 1.65. The minimum absolute atomic E-state index is 0.0714. The number of aromatic nitrogens is 1. The minimum Gasteiger partial charge on any atom is -0.506 e. The Hall–Kier alpha value is -3.32. The molecular weight excluding hydrogens is 406 g/mol. The van der Waals surface area contributed by atoms with Crippen LogP contribution in [-0.2, 0) is 0 Å². The highest BCUT2D eigenvalue weighted by Crippen LogP contribution is 2.47. The number of aromatic amines is 1. The van der Waals surface area contributed by atoms with E-state index >= 15 is 0 Å². The van der Waals surface area contributed by atoms with E-state index in [0.29, 0.717) is 34.6 Å². The van der Waals surface area contributed by atoms with Gasteiger partial charge in [-0.15, -0.1) is 16.5 Å². The standard InChI is InChI=1S/C22H18ClN3O4/c1-10-11(2)24-21-16(27)7-15-20(19(10)21)13(8-23)9-26(15)22(28)18-6-12-5-14(25-29)3-4-17(12)30-18/h3-7,13,24,27H,8-9H2,1-2H3/t13-/m1/s1. The number of amides is 1. The maximum Gasteiger partial charge on any atom is 0.294 e. The molecule has 0 spiro atoms. The van der Waals surface area contributed by atoms with E-state index in [0.717, 1.165) is 22.2 Å². The van der Waals surface area contributed by atoms with Crippen molar-refractivity contribution in [2.75, 3.05) is 17.3 Å². The van der Waals surface area contributed by atoms with Gasteiger partial charge in [0.25, 0.3) is 5.91 Å². The van der Waals surface area contributed by atoms with Gasteiger partial charge in [0, 0.05) is 40.9 Å². The molecule has 0 unspecified atom stereocenters. The number of nitrogens with zero attached hydrogens (tertiary/aromatic N) is 2. The van der Waals surface area contributed by atoms with E-state index in [-0.39, 0.29) is 29.0 Å². The van der Waals surface area contributed by atoms with Crippen LogP contribution in [0.1, 0.15) is 33.3 Å². The van der Waals surface area contributed by atoms with E-state index in [1.165, 1.54) is 6.07 Å². The van der Waals surface area contributed by atoms with Crippen LogP contribution < -0.4 is 4.90 Å². The van der Waals surface area contributed by atoms with Gasteiger partial charge in [0.15, 0.2) is 5.76 Å². The molecule has 2 N–H and O–H groups in total. The van der Waals surface area contributed by atoms with Crippen molar-refractivity contribution < 1.29 is 14.3 Å². The maximum absolute atomic E-state index is 13.3. The van der Waals surface area contributed by atoms with Gasteiger partial charge in [-0.3, -0.25) is 4.79 Å². The lowest BCUT2D eigenvalue weighted by molar-refractivity contribution is 0.0964. The van der Waals surface area contributed by atoms with Gasteiger partial charge < -0.3 is 19.4 Å². The van der Waals surface area contributed by atoms with Crippen molar-refractivity contribution in [1.82, 2.24) is 4.98 Å². The summed E-state index contributed by atoms with van der Waals surface area (Å²) >= 11 is 6.27. The Morgan fingerprint density at radius 3 is 2.87 bits per heavy atom. The molecule has 0 bridgehead atoms. The number of H-pyrrole nitrogens is 1. The van der Waals surface area contributed by atoms with Crippen LogP contribution in [0.2, 0.25) is 0 Å². The van der Waals surface area contributed by atoms with Crippen molar-refractivity contribution in [3.63, 3.8) is 0 Å². The van der Waals surface area contributed by atoms with Crippen LogP contribution in [0.25, 0.3) is 21.9 Å². The summed E-state index contributed by atoms with van der Waals surface area (Å²) in [4.78, 5) is 28.9. The Bertz CT molecular complexity index is 1350.